The summed E-state index contributed by atoms with van der Waals surface area (Å²) in [6, 6.07) is 9.44. The first-order valence-corrected chi connectivity index (χ1v) is 6.69. The van der Waals surface area contributed by atoms with Gasteiger partial charge in [-0.1, -0.05) is 6.07 Å². The standard InChI is InChI=1S/C13H16N2S/c1-3-12(9-14-11-5-6-11)15(7-1)10-13-4-2-8-16-13/h1-4,7-8,11,14H,5-6,9-10H2. The lowest BCUT2D eigenvalue weighted by Crippen LogP contribution is -2.18. The highest BCUT2D eigenvalue weighted by Crippen LogP contribution is 2.19. The number of nitrogens with zero attached hydrogens (tertiary/aromatic N) is 1. The fraction of sp³-hybridized carbons (Fsp3) is 0.385. The van der Waals surface area contributed by atoms with Crippen LogP contribution >= 0.6 is 11.3 Å². The predicted octanol–water partition coefficient (Wildman–Crippen LogP) is 2.85. The number of hydrogen-bond donors (Lipinski definition) is 1. The second kappa shape index (κ2) is 4.44. The van der Waals surface area contributed by atoms with Gasteiger partial charge in [-0.15, -0.1) is 11.3 Å². The Morgan fingerprint density at radius 2 is 2.25 bits per heavy atom. The van der Waals surface area contributed by atoms with Gasteiger partial charge in [0.25, 0.3) is 0 Å². The van der Waals surface area contributed by atoms with E-state index in [9.17, 15) is 0 Å². The van der Waals surface area contributed by atoms with E-state index in [2.05, 4.69) is 45.7 Å². The predicted molar refractivity (Wildman–Crippen MR) is 67.7 cm³/mol. The molecule has 2 heterocycles. The van der Waals surface area contributed by atoms with Crippen molar-refractivity contribution < 1.29 is 0 Å². The highest BCUT2D eigenvalue weighted by Gasteiger charge is 2.20. The molecule has 0 amide bonds. The summed E-state index contributed by atoms with van der Waals surface area (Å²) < 4.78 is 2.33. The monoisotopic (exact) mass is 232 g/mol. The van der Waals surface area contributed by atoms with Crippen molar-refractivity contribution in [3.63, 3.8) is 0 Å². The van der Waals surface area contributed by atoms with Crippen LogP contribution in [0.25, 0.3) is 0 Å². The summed E-state index contributed by atoms with van der Waals surface area (Å²) in [7, 11) is 0. The van der Waals surface area contributed by atoms with Gasteiger partial charge in [0.1, 0.15) is 0 Å². The fourth-order valence-corrected chi connectivity index (χ4v) is 2.57. The Morgan fingerprint density at radius 1 is 1.31 bits per heavy atom. The average Bonchev–Trinajstić information content (AvgIpc) is 2.79. The van der Waals surface area contributed by atoms with Crippen LogP contribution in [-0.2, 0) is 13.1 Å². The summed E-state index contributed by atoms with van der Waals surface area (Å²) in [6.07, 6.45) is 4.88. The number of aromatic nitrogens is 1. The van der Waals surface area contributed by atoms with Crippen molar-refractivity contribution in [3.05, 3.63) is 46.4 Å². The quantitative estimate of drug-likeness (QED) is 0.839. The van der Waals surface area contributed by atoms with Crippen molar-refractivity contribution in [2.45, 2.75) is 32.0 Å². The van der Waals surface area contributed by atoms with Crippen molar-refractivity contribution >= 4 is 11.3 Å². The Bertz CT molecular complexity index is 440. The van der Waals surface area contributed by atoms with E-state index in [0.29, 0.717) is 0 Å². The van der Waals surface area contributed by atoms with Crippen LogP contribution in [0.4, 0.5) is 0 Å². The molecule has 0 spiro atoms. The third-order valence-electron chi connectivity index (χ3n) is 2.98. The lowest BCUT2D eigenvalue weighted by molar-refractivity contribution is 0.636. The summed E-state index contributed by atoms with van der Waals surface area (Å²) >= 11 is 1.83. The van der Waals surface area contributed by atoms with Crippen LogP contribution < -0.4 is 5.32 Å². The fourth-order valence-electron chi connectivity index (χ4n) is 1.87. The molecule has 1 aliphatic carbocycles. The molecule has 3 rings (SSSR count). The minimum Gasteiger partial charge on any atom is -0.345 e. The van der Waals surface area contributed by atoms with Crippen LogP contribution in [0.2, 0.25) is 0 Å². The smallest absolute Gasteiger partial charge is 0.0566 e. The summed E-state index contributed by atoms with van der Waals surface area (Å²) in [5.74, 6) is 0. The molecule has 1 N–H and O–H groups in total. The zero-order valence-electron chi connectivity index (χ0n) is 9.23. The van der Waals surface area contributed by atoms with Gasteiger partial charge in [-0.05, 0) is 36.4 Å². The van der Waals surface area contributed by atoms with Gasteiger partial charge in [0.05, 0.1) is 6.54 Å². The van der Waals surface area contributed by atoms with Gasteiger partial charge < -0.3 is 9.88 Å². The SMILES string of the molecule is c1csc(Cn2cccc2CNC2CC2)c1. The molecule has 16 heavy (non-hydrogen) atoms. The third-order valence-corrected chi connectivity index (χ3v) is 3.84. The molecule has 0 aliphatic heterocycles. The molecule has 0 unspecified atom stereocenters. The van der Waals surface area contributed by atoms with Gasteiger partial charge in [0.2, 0.25) is 0 Å². The molecular weight excluding hydrogens is 216 g/mol. The molecule has 3 heteroatoms. The van der Waals surface area contributed by atoms with Crippen LogP contribution in [-0.4, -0.2) is 10.6 Å². The van der Waals surface area contributed by atoms with E-state index in [1.807, 2.05) is 11.3 Å². The first-order valence-electron chi connectivity index (χ1n) is 5.81. The Labute approximate surface area is 99.9 Å². The van der Waals surface area contributed by atoms with Crippen LogP contribution in [0.1, 0.15) is 23.4 Å². The average molecular weight is 232 g/mol. The van der Waals surface area contributed by atoms with Gasteiger partial charge in [0, 0.05) is 29.4 Å². The molecule has 84 valence electrons. The lowest BCUT2D eigenvalue weighted by atomic mass is 10.4. The van der Waals surface area contributed by atoms with Crippen molar-refractivity contribution in [1.82, 2.24) is 9.88 Å². The van der Waals surface area contributed by atoms with E-state index >= 15 is 0 Å². The molecule has 0 radical (unpaired) electrons. The van der Waals surface area contributed by atoms with E-state index in [1.165, 1.54) is 23.4 Å². The largest absolute Gasteiger partial charge is 0.345 e. The van der Waals surface area contributed by atoms with Crippen LogP contribution in [0.5, 0.6) is 0 Å². The molecule has 1 fully saturated rings. The first kappa shape index (κ1) is 10.1. The van der Waals surface area contributed by atoms with Gasteiger partial charge in [-0.2, -0.15) is 0 Å². The third kappa shape index (κ3) is 2.36. The van der Waals surface area contributed by atoms with E-state index in [1.54, 1.807) is 0 Å². The lowest BCUT2D eigenvalue weighted by Gasteiger charge is -2.08. The van der Waals surface area contributed by atoms with Gasteiger partial charge in [-0.25, -0.2) is 0 Å². The summed E-state index contributed by atoms with van der Waals surface area (Å²) in [5, 5.41) is 5.70. The Kier molecular flexibility index (Phi) is 2.80. The molecule has 0 bridgehead atoms. The van der Waals surface area contributed by atoms with Crippen molar-refractivity contribution in [1.29, 1.82) is 0 Å². The van der Waals surface area contributed by atoms with Crippen molar-refractivity contribution in [2.24, 2.45) is 0 Å². The highest BCUT2D eigenvalue weighted by atomic mass is 32.1. The minimum absolute atomic E-state index is 0.782. The number of rotatable bonds is 5. The normalized spacial score (nSPS) is 15.5. The van der Waals surface area contributed by atoms with Gasteiger partial charge in [0.15, 0.2) is 0 Å². The van der Waals surface area contributed by atoms with Crippen molar-refractivity contribution in [3.8, 4) is 0 Å². The van der Waals surface area contributed by atoms with Crippen molar-refractivity contribution in [2.75, 3.05) is 0 Å². The van der Waals surface area contributed by atoms with E-state index in [-0.39, 0.29) is 0 Å². The van der Waals surface area contributed by atoms with E-state index in [4.69, 9.17) is 0 Å². The summed E-state index contributed by atoms with van der Waals surface area (Å²) in [4.78, 5) is 1.42. The maximum Gasteiger partial charge on any atom is 0.0566 e. The molecule has 2 aromatic rings. The zero-order valence-corrected chi connectivity index (χ0v) is 10.0. The first-order chi connectivity index (χ1) is 7.92. The van der Waals surface area contributed by atoms with Crippen LogP contribution in [0.15, 0.2) is 35.8 Å². The number of thiophene rings is 1. The summed E-state index contributed by atoms with van der Waals surface area (Å²) in [5.41, 5.74) is 1.39. The number of hydrogen-bond acceptors (Lipinski definition) is 2. The second-order valence-corrected chi connectivity index (χ2v) is 5.39. The maximum atomic E-state index is 3.56. The zero-order chi connectivity index (χ0) is 10.8. The summed E-state index contributed by atoms with van der Waals surface area (Å²) in [6.45, 7) is 2.01. The molecule has 1 aliphatic rings. The van der Waals surface area contributed by atoms with Crippen LogP contribution in [0, 0.1) is 0 Å². The number of nitrogens with one attached hydrogen (secondary N) is 1. The molecule has 0 saturated heterocycles. The Morgan fingerprint density at radius 3 is 3.00 bits per heavy atom. The van der Waals surface area contributed by atoms with E-state index < -0.39 is 0 Å². The Balaban J connectivity index is 1.66. The molecule has 0 aromatic carbocycles. The second-order valence-electron chi connectivity index (χ2n) is 4.36. The van der Waals surface area contributed by atoms with Gasteiger partial charge in [-0.3, -0.25) is 0 Å². The van der Waals surface area contributed by atoms with Crippen LogP contribution in [0.3, 0.4) is 0 Å². The topological polar surface area (TPSA) is 17.0 Å². The minimum atomic E-state index is 0.782. The molecule has 2 nitrogen and oxygen atoms in total. The molecule has 2 aromatic heterocycles. The maximum absolute atomic E-state index is 3.56. The molecule has 0 atom stereocenters. The molecule has 1 saturated carbocycles. The van der Waals surface area contributed by atoms with Gasteiger partial charge >= 0.3 is 0 Å². The van der Waals surface area contributed by atoms with E-state index in [0.717, 1.165) is 19.1 Å². The highest BCUT2D eigenvalue weighted by molar-refractivity contribution is 7.09. The Hall–Kier alpha value is -1.06. The molecular formula is C13H16N2S.